The normalized spacial score (nSPS) is 13.8. The molecule has 1 rings (SSSR count). The lowest BCUT2D eigenvalue weighted by Crippen LogP contribution is -2.38. The fourth-order valence-corrected chi connectivity index (χ4v) is 5.12. The van der Waals surface area contributed by atoms with Gasteiger partial charge in [-0.15, -0.1) is 3.89 Å². The molecule has 1 aromatic rings. The fraction of sp³-hybridized carbons (Fsp3) is 0.250. The minimum atomic E-state index is -4.08. The van der Waals surface area contributed by atoms with Gasteiger partial charge >= 0.3 is 10.2 Å². The third kappa shape index (κ3) is 3.38. The summed E-state index contributed by atoms with van der Waals surface area (Å²) in [5.74, 6) is 0. The summed E-state index contributed by atoms with van der Waals surface area (Å²) in [6.07, 6.45) is 0. The van der Waals surface area contributed by atoms with Crippen LogP contribution < -0.4 is 3.71 Å². The molecule has 98 valence electrons. The first-order valence-corrected chi connectivity index (χ1v) is 8.91. The summed E-state index contributed by atoms with van der Waals surface area (Å²) < 4.78 is 38.8. The molecule has 4 nitrogen and oxygen atoms in total. The molecule has 0 unspecified atom stereocenters. The first kappa shape index (κ1) is 14.8. The molecule has 0 heterocycles. The van der Waals surface area contributed by atoms with E-state index < -0.39 is 19.2 Å². The highest BCUT2D eigenvalue weighted by Crippen LogP contribution is 2.65. The molecule has 0 spiro atoms. The predicted octanol–water partition coefficient (Wildman–Crippen LogP) is 3.21. The van der Waals surface area contributed by atoms with Crippen molar-refractivity contribution in [3.63, 3.8) is 0 Å². The van der Waals surface area contributed by atoms with Crippen LogP contribution in [-0.4, -0.2) is 26.8 Å². The number of hydrogen-bond acceptors (Lipinski definition) is 2. The summed E-state index contributed by atoms with van der Waals surface area (Å²) in [6.45, 7) is 0. The van der Waals surface area contributed by atoms with Gasteiger partial charge in [-0.3, -0.25) is 0 Å². The largest absolute Gasteiger partial charge is 0.315 e. The first-order chi connectivity index (χ1) is 7.67. The summed E-state index contributed by atoms with van der Waals surface area (Å²) in [5.41, 5.74) is 0.0729. The molecule has 0 radical (unpaired) electrons. The zero-order valence-corrected chi connectivity index (χ0v) is 12.2. The van der Waals surface area contributed by atoms with Gasteiger partial charge in [0.15, 0.2) is 9.03 Å². The van der Waals surface area contributed by atoms with Crippen LogP contribution in [-0.2, 0) is 10.2 Å². The van der Waals surface area contributed by atoms with Crippen molar-refractivity contribution in [3.05, 3.63) is 30.3 Å². The maximum absolute atomic E-state index is 13.7. The number of anilines is 1. The Bertz CT molecular complexity index is 476. The molecule has 0 aliphatic rings. The molecular formula is C8H11Cl2FN2O2S2. The van der Waals surface area contributed by atoms with Crippen molar-refractivity contribution in [2.45, 2.75) is 0 Å². The highest BCUT2D eigenvalue weighted by atomic mass is 36.0. The van der Waals surface area contributed by atoms with Crippen molar-refractivity contribution in [1.82, 2.24) is 4.31 Å². The topological polar surface area (TPSA) is 40.6 Å². The second kappa shape index (κ2) is 5.19. The molecule has 17 heavy (non-hydrogen) atoms. The van der Waals surface area contributed by atoms with E-state index in [1.165, 1.54) is 26.2 Å². The Balaban J connectivity index is 3.35. The molecule has 0 atom stereocenters. The van der Waals surface area contributed by atoms with Crippen molar-refractivity contribution < 1.29 is 12.3 Å². The lowest BCUT2D eigenvalue weighted by molar-refractivity contribution is 0.523. The smallest absolute Gasteiger partial charge is 0.190 e. The van der Waals surface area contributed by atoms with Gasteiger partial charge < -0.3 is 0 Å². The molecular weight excluding hydrogens is 310 g/mol. The quantitative estimate of drug-likeness (QED) is 0.854. The first-order valence-electron chi connectivity index (χ1n) is 4.37. The number of benzene rings is 1. The van der Waals surface area contributed by atoms with Crippen LogP contribution in [0.5, 0.6) is 0 Å². The molecule has 0 bridgehead atoms. The van der Waals surface area contributed by atoms with Crippen molar-refractivity contribution in [1.29, 1.82) is 0 Å². The van der Waals surface area contributed by atoms with E-state index >= 15 is 0 Å². The van der Waals surface area contributed by atoms with Crippen molar-refractivity contribution >= 4 is 46.3 Å². The van der Waals surface area contributed by atoms with Gasteiger partial charge in [-0.2, -0.15) is 16.4 Å². The summed E-state index contributed by atoms with van der Waals surface area (Å²) >= 11 is 0. The number of rotatable bonds is 4. The van der Waals surface area contributed by atoms with E-state index in [0.29, 0.717) is 3.71 Å². The highest BCUT2D eigenvalue weighted by molar-refractivity contribution is 8.66. The number of hydrogen-bond donors (Lipinski definition) is 0. The van der Waals surface area contributed by atoms with Crippen LogP contribution in [0.15, 0.2) is 30.3 Å². The van der Waals surface area contributed by atoms with E-state index in [2.05, 4.69) is 0 Å². The maximum Gasteiger partial charge on any atom is 0.315 e. The minimum Gasteiger partial charge on any atom is -0.190 e. The Morgan fingerprint density at radius 1 is 1.12 bits per heavy atom. The maximum atomic E-state index is 13.7. The molecule has 0 aliphatic heterocycles. The Morgan fingerprint density at radius 3 is 1.94 bits per heavy atom. The third-order valence-corrected chi connectivity index (χ3v) is 6.47. The van der Waals surface area contributed by atoms with Gasteiger partial charge in [-0.1, -0.05) is 18.2 Å². The van der Waals surface area contributed by atoms with Gasteiger partial charge in [0.1, 0.15) is 0 Å². The molecule has 0 saturated heterocycles. The van der Waals surface area contributed by atoms with Gasteiger partial charge in [0.2, 0.25) is 0 Å². The van der Waals surface area contributed by atoms with Crippen LogP contribution in [0.3, 0.4) is 0 Å². The van der Waals surface area contributed by atoms with E-state index in [0.717, 1.165) is 4.31 Å². The van der Waals surface area contributed by atoms with Gasteiger partial charge in [-0.05, 0) is 12.1 Å². The van der Waals surface area contributed by atoms with Crippen molar-refractivity contribution in [3.8, 4) is 0 Å². The van der Waals surface area contributed by atoms with Crippen LogP contribution >= 0.6 is 30.4 Å². The fourth-order valence-electron chi connectivity index (χ4n) is 1.06. The Kier molecular flexibility index (Phi) is 4.54. The third-order valence-electron chi connectivity index (χ3n) is 1.83. The number of para-hydroxylation sites is 1. The highest BCUT2D eigenvalue weighted by Gasteiger charge is 2.39. The lowest BCUT2D eigenvalue weighted by atomic mass is 10.3. The van der Waals surface area contributed by atoms with Gasteiger partial charge in [0.25, 0.3) is 0 Å². The second-order valence-corrected chi connectivity index (χ2v) is 9.51. The molecule has 0 saturated carbocycles. The summed E-state index contributed by atoms with van der Waals surface area (Å²) in [6, 6.07) is 7.61. The average Bonchev–Trinajstić information content (AvgIpc) is 2.16. The van der Waals surface area contributed by atoms with E-state index in [9.17, 15) is 12.3 Å². The van der Waals surface area contributed by atoms with Gasteiger partial charge in [-0.25, -0.2) is 0 Å². The minimum absolute atomic E-state index is 0.0729. The van der Waals surface area contributed by atoms with Crippen LogP contribution in [0.1, 0.15) is 0 Å². The molecule has 0 amide bonds. The van der Waals surface area contributed by atoms with Gasteiger partial charge in [0.05, 0.1) is 5.69 Å². The monoisotopic (exact) mass is 320 g/mol. The SMILES string of the molecule is CN(C)S(=O)(=O)N(c1ccccc1)S(F)(Cl)Cl. The average molecular weight is 321 g/mol. The van der Waals surface area contributed by atoms with E-state index in [-0.39, 0.29) is 5.69 Å². The molecule has 0 fully saturated rings. The molecule has 0 aromatic heterocycles. The lowest BCUT2D eigenvalue weighted by Gasteiger charge is -2.32. The summed E-state index contributed by atoms with van der Waals surface area (Å²) in [4.78, 5) is 0. The molecule has 1 aromatic carbocycles. The van der Waals surface area contributed by atoms with E-state index in [1.807, 2.05) is 0 Å². The van der Waals surface area contributed by atoms with Crippen molar-refractivity contribution in [2.75, 3.05) is 17.8 Å². The van der Waals surface area contributed by atoms with E-state index in [4.69, 9.17) is 21.4 Å². The summed E-state index contributed by atoms with van der Waals surface area (Å²) in [7, 11) is 5.21. The Labute approximate surface area is 111 Å². The van der Waals surface area contributed by atoms with Crippen molar-refractivity contribution in [2.24, 2.45) is 0 Å². The van der Waals surface area contributed by atoms with E-state index in [1.54, 1.807) is 18.2 Å². The van der Waals surface area contributed by atoms with Crippen LogP contribution in [0, 0.1) is 0 Å². The molecule has 9 heteroatoms. The second-order valence-electron chi connectivity index (χ2n) is 3.23. The van der Waals surface area contributed by atoms with Crippen LogP contribution in [0.25, 0.3) is 0 Å². The number of nitrogens with zero attached hydrogens (tertiary/aromatic N) is 2. The standard InChI is InChI=1S/C8H11Cl2FN2O2S2/c1-12(2)17(14,15)13(16(9,10)11)8-6-4-3-5-7-8/h3-7H,1-2H3. The Hall–Kier alpha value is -0.210. The van der Waals surface area contributed by atoms with Gasteiger partial charge in [0, 0.05) is 35.5 Å². The zero-order valence-electron chi connectivity index (χ0n) is 9.05. The predicted molar refractivity (Wildman–Crippen MR) is 71.9 cm³/mol. The van der Waals surface area contributed by atoms with Crippen LogP contribution in [0.4, 0.5) is 9.57 Å². The summed E-state index contributed by atoms with van der Waals surface area (Å²) in [5, 5.41) is 0. The molecule has 0 N–H and O–H groups in total. The molecule has 0 aliphatic carbocycles. The number of halogens is 3. The zero-order chi connectivity index (χ0) is 13.3. The Morgan fingerprint density at radius 2 is 1.59 bits per heavy atom. The van der Waals surface area contributed by atoms with Crippen LogP contribution in [0.2, 0.25) is 0 Å².